The zero-order valence-electron chi connectivity index (χ0n) is 16.6. The Morgan fingerprint density at radius 3 is 2.76 bits per heavy atom. The lowest BCUT2D eigenvalue weighted by atomic mass is 10.2. The van der Waals surface area contributed by atoms with E-state index >= 15 is 0 Å². The van der Waals surface area contributed by atoms with Gasteiger partial charge in [0.1, 0.15) is 17.6 Å². The molecule has 8 nitrogen and oxygen atoms in total. The fourth-order valence-corrected chi connectivity index (χ4v) is 4.44. The van der Waals surface area contributed by atoms with Gasteiger partial charge in [-0.2, -0.15) is 4.98 Å². The largest absolute Gasteiger partial charge is 0.345 e. The van der Waals surface area contributed by atoms with Crippen molar-refractivity contribution >= 4 is 38.4 Å². The molecule has 1 N–H and O–H groups in total. The number of thiazole rings is 1. The number of nitrogens with zero attached hydrogens (tertiary/aromatic N) is 5. The monoisotopic (exact) mass is 412 g/mol. The van der Waals surface area contributed by atoms with Crippen LogP contribution in [0.4, 0.5) is 10.8 Å². The average molecular weight is 413 g/mol. The second kappa shape index (κ2) is 8.30. The first-order valence-electron chi connectivity index (χ1n) is 9.73. The van der Waals surface area contributed by atoms with Crippen molar-refractivity contribution in [2.75, 3.05) is 42.9 Å². The van der Waals surface area contributed by atoms with E-state index in [4.69, 9.17) is 0 Å². The van der Waals surface area contributed by atoms with Gasteiger partial charge >= 0.3 is 0 Å². The number of amides is 1. The SMILES string of the molecule is CCN1CCN(c2nc3ncn(CC(=O)Nc4cccc(C)c4)c(=O)c3s2)CC1. The molecule has 9 heteroatoms. The van der Waals surface area contributed by atoms with E-state index in [1.807, 2.05) is 31.2 Å². The maximum absolute atomic E-state index is 12.9. The molecule has 3 heterocycles. The van der Waals surface area contributed by atoms with E-state index in [-0.39, 0.29) is 18.0 Å². The number of nitrogens with one attached hydrogen (secondary N) is 1. The predicted molar refractivity (Wildman–Crippen MR) is 116 cm³/mol. The van der Waals surface area contributed by atoms with Gasteiger partial charge in [-0.1, -0.05) is 30.4 Å². The molecule has 3 aromatic rings. The van der Waals surface area contributed by atoms with Crippen molar-refractivity contribution in [2.45, 2.75) is 20.4 Å². The second-order valence-corrected chi connectivity index (χ2v) is 8.14. The first-order chi connectivity index (χ1) is 14.0. The summed E-state index contributed by atoms with van der Waals surface area (Å²) in [5, 5.41) is 3.64. The topological polar surface area (TPSA) is 83.4 Å². The van der Waals surface area contributed by atoms with Crippen molar-refractivity contribution in [1.82, 2.24) is 19.4 Å². The van der Waals surface area contributed by atoms with Crippen molar-refractivity contribution < 1.29 is 4.79 Å². The van der Waals surface area contributed by atoms with Crippen LogP contribution in [0.25, 0.3) is 10.3 Å². The molecule has 0 atom stereocenters. The lowest BCUT2D eigenvalue weighted by Gasteiger charge is -2.33. The van der Waals surface area contributed by atoms with Crippen LogP contribution in [0.15, 0.2) is 35.4 Å². The van der Waals surface area contributed by atoms with E-state index in [2.05, 4.69) is 32.0 Å². The number of benzene rings is 1. The Hall–Kier alpha value is -2.78. The van der Waals surface area contributed by atoms with Crippen LogP contribution in [-0.4, -0.2) is 58.1 Å². The molecule has 0 spiro atoms. The molecule has 1 amide bonds. The number of carbonyl (C=O) groups is 1. The standard InChI is InChI=1S/C20H24N6O2S/c1-3-24-7-9-25(10-8-24)20-23-18-17(29-20)19(28)26(13-21-18)12-16(27)22-15-6-4-5-14(2)11-15/h4-6,11,13H,3,7-10,12H2,1-2H3,(H,22,27). The molecule has 0 radical (unpaired) electrons. The van der Waals surface area contributed by atoms with Crippen LogP contribution in [0, 0.1) is 6.92 Å². The summed E-state index contributed by atoms with van der Waals surface area (Å²) in [6.45, 7) is 8.84. The summed E-state index contributed by atoms with van der Waals surface area (Å²) in [4.78, 5) is 38.7. The summed E-state index contributed by atoms with van der Waals surface area (Å²) in [6, 6.07) is 7.55. The molecule has 0 saturated carbocycles. The van der Waals surface area contributed by atoms with Crippen molar-refractivity contribution in [2.24, 2.45) is 0 Å². The van der Waals surface area contributed by atoms with Gasteiger partial charge < -0.3 is 15.1 Å². The number of fused-ring (bicyclic) bond motifs is 1. The Labute approximate surface area is 172 Å². The van der Waals surface area contributed by atoms with Gasteiger partial charge in [0.2, 0.25) is 5.91 Å². The highest BCUT2D eigenvalue weighted by Gasteiger charge is 2.20. The van der Waals surface area contributed by atoms with E-state index in [0.717, 1.165) is 43.4 Å². The zero-order chi connectivity index (χ0) is 20.4. The molecule has 1 fully saturated rings. The summed E-state index contributed by atoms with van der Waals surface area (Å²) in [5.74, 6) is -0.265. The van der Waals surface area contributed by atoms with E-state index in [1.165, 1.54) is 22.2 Å². The highest BCUT2D eigenvalue weighted by molar-refractivity contribution is 7.22. The van der Waals surface area contributed by atoms with Crippen molar-refractivity contribution in [1.29, 1.82) is 0 Å². The molecule has 1 aliphatic heterocycles. The number of hydrogen-bond acceptors (Lipinski definition) is 7. The van der Waals surface area contributed by atoms with Gasteiger partial charge in [0.05, 0.1) is 0 Å². The summed E-state index contributed by atoms with van der Waals surface area (Å²) >= 11 is 1.36. The predicted octanol–water partition coefficient (Wildman–Crippen LogP) is 1.94. The number of hydrogen-bond donors (Lipinski definition) is 1. The van der Waals surface area contributed by atoms with Crippen LogP contribution < -0.4 is 15.8 Å². The molecule has 29 heavy (non-hydrogen) atoms. The van der Waals surface area contributed by atoms with Crippen LogP contribution in [0.5, 0.6) is 0 Å². The van der Waals surface area contributed by atoms with Gasteiger partial charge in [-0.15, -0.1) is 0 Å². The lowest BCUT2D eigenvalue weighted by molar-refractivity contribution is -0.116. The molecule has 4 rings (SSSR count). The quantitative estimate of drug-likeness (QED) is 0.690. The minimum Gasteiger partial charge on any atom is -0.345 e. The minimum absolute atomic E-state index is 0.0852. The molecular formula is C20H24N6O2S. The summed E-state index contributed by atoms with van der Waals surface area (Å²) < 4.78 is 1.83. The molecular weight excluding hydrogens is 388 g/mol. The fraction of sp³-hybridized carbons (Fsp3) is 0.400. The van der Waals surface area contributed by atoms with Crippen LogP contribution in [0.1, 0.15) is 12.5 Å². The number of piperazine rings is 1. The van der Waals surface area contributed by atoms with Crippen molar-refractivity contribution in [3.63, 3.8) is 0 Å². The van der Waals surface area contributed by atoms with Crippen LogP contribution in [0.3, 0.4) is 0 Å². The van der Waals surface area contributed by atoms with Gasteiger partial charge in [0, 0.05) is 31.9 Å². The molecule has 152 valence electrons. The Bertz CT molecular complexity index is 1080. The number of likely N-dealkylation sites (N-methyl/N-ethyl adjacent to an activating group) is 1. The molecule has 0 aliphatic carbocycles. The Balaban J connectivity index is 1.50. The maximum atomic E-state index is 12.9. The van der Waals surface area contributed by atoms with E-state index in [0.29, 0.717) is 16.0 Å². The molecule has 2 aromatic heterocycles. The maximum Gasteiger partial charge on any atom is 0.273 e. The molecule has 0 bridgehead atoms. The van der Waals surface area contributed by atoms with Gasteiger partial charge in [-0.25, -0.2) is 4.98 Å². The summed E-state index contributed by atoms with van der Waals surface area (Å²) in [5.41, 5.74) is 1.98. The summed E-state index contributed by atoms with van der Waals surface area (Å²) in [6.07, 6.45) is 1.40. The summed E-state index contributed by atoms with van der Waals surface area (Å²) in [7, 11) is 0. The average Bonchev–Trinajstić information content (AvgIpc) is 3.15. The van der Waals surface area contributed by atoms with E-state index in [9.17, 15) is 9.59 Å². The third-order valence-corrected chi connectivity index (χ3v) is 6.17. The number of anilines is 2. The van der Waals surface area contributed by atoms with Gasteiger partial charge in [0.25, 0.3) is 5.56 Å². The van der Waals surface area contributed by atoms with E-state index < -0.39 is 0 Å². The van der Waals surface area contributed by atoms with Crippen LogP contribution in [-0.2, 0) is 11.3 Å². The Morgan fingerprint density at radius 1 is 1.24 bits per heavy atom. The van der Waals surface area contributed by atoms with Gasteiger partial charge in [-0.05, 0) is 31.2 Å². The first-order valence-corrected chi connectivity index (χ1v) is 10.5. The van der Waals surface area contributed by atoms with Crippen LogP contribution in [0.2, 0.25) is 0 Å². The Morgan fingerprint density at radius 2 is 2.03 bits per heavy atom. The van der Waals surface area contributed by atoms with Gasteiger partial charge in [0.15, 0.2) is 10.8 Å². The molecule has 0 unspecified atom stereocenters. The van der Waals surface area contributed by atoms with Crippen molar-refractivity contribution in [3.05, 3.63) is 46.5 Å². The molecule has 1 aliphatic rings. The second-order valence-electron chi connectivity index (χ2n) is 7.17. The number of carbonyl (C=O) groups excluding carboxylic acids is 1. The fourth-order valence-electron chi connectivity index (χ4n) is 3.42. The Kier molecular flexibility index (Phi) is 5.59. The number of rotatable bonds is 5. The highest BCUT2D eigenvalue weighted by atomic mass is 32.1. The van der Waals surface area contributed by atoms with Gasteiger partial charge in [-0.3, -0.25) is 14.2 Å². The zero-order valence-corrected chi connectivity index (χ0v) is 17.4. The van der Waals surface area contributed by atoms with Crippen molar-refractivity contribution in [3.8, 4) is 0 Å². The van der Waals surface area contributed by atoms with E-state index in [1.54, 1.807) is 0 Å². The normalized spacial score (nSPS) is 15.0. The molecule has 1 aromatic carbocycles. The number of aromatic nitrogens is 3. The first kappa shape index (κ1) is 19.5. The molecule has 1 saturated heterocycles. The minimum atomic E-state index is -0.265. The number of aryl methyl sites for hydroxylation is 1. The third-order valence-electron chi connectivity index (χ3n) is 5.08. The van der Waals surface area contributed by atoms with Crippen LogP contribution >= 0.6 is 11.3 Å². The highest BCUT2D eigenvalue weighted by Crippen LogP contribution is 2.26. The smallest absolute Gasteiger partial charge is 0.273 e. The lowest BCUT2D eigenvalue weighted by Crippen LogP contribution is -2.46. The third kappa shape index (κ3) is 4.30.